The number of hydrogen-bond acceptors (Lipinski definition) is 2. The summed E-state index contributed by atoms with van der Waals surface area (Å²) >= 11 is 0. The number of rotatable bonds is 9. The molecule has 0 saturated heterocycles. The van der Waals surface area contributed by atoms with E-state index in [-0.39, 0.29) is 17.3 Å². The van der Waals surface area contributed by atoms with Gasteiger partial charge in [-0.05, 0) is 69.3 Å². The van der Waals surface area contributed by atoms with Gasteiger partial charge >= 0.3 is 5.97 Å². The van der Waals surface area contributed by atoms with Crippen LogP contribution in [0.3, 0.4) is 0 Å². The molecule has 4 aromatic rings. The molecule has 3 nitrogen and oxygen atoms in total. The SMILES string of the molecule is C=CCC(C)(C(=C)/C=C/C=C1/N(CCC(=O)O)c2ccc3ccccc3c2C1(C)C)c1c(C)ccc2ccccc12. The molecule has 1 N–H and O–H groups in total. The predicted octanol–water partition coefficient (Wildman–Crippen LogP) is 9.40. The second kappa shape index (κ2) is 10.9. The van der Waals surface area contributed by atoms with Crippen molar-refractivity contribution >= 4 is 33.2 Å². The van der Waals surface area contributed by atoms with Crippen LogP contribution in [0.4, 0.5) is 5.69 Å². The lowest BCUT2D eigenvalue weighted by Gasteiger charge is -2.33. The summed E-state index contributed by atoms with van der Waals surface area (Å²) in [4.78, 5) is 13.8. The van der Waals surface area contributed by atoms with E-state index >= 15 is 0 Å². The maximum Gasteiger partial charge on any atom is 0.305 e. The number of carboxylic acids is 1. The standard InChI is InChI=1S/C38H39NO2/c1-7-24-38(6,35-26(2)19-20-28-14-8-10-16-30(28)35)27(3)13-12-18-33-37(4,5)36-31-17-11-9-15-29(31)21-22-32(36)39(33)25-23-34(40)41/h7-22H,1,3,23-25H2,2,4-6H3,(H,40,41)/b13-12+,33-18+. The number of carboxylic acid groups (broad SMARTS) is 1. The largest absolute Gasteiger partial charge is 0.481 e. The molecule has 0 saturated carbocycles. The lowest BCUT2D eigenvalue weighted by molar-refractivity contribution is -0.136. The van der Waals surface area contributed by atoms with Crippen molar-refractivity contribution in [1.82, 2.24) is 0 Å². The molecule has 1 atom stereocenters. The van der Waals surface area contributed by atoms with Gasteiger partial charge in [-0.2, -0.15) is 0 Å². The van der Waals surface area contributed by atoms with E-state index in [0.717, 1.165) is 23.4 Å². The zero-order valence-corrected chi connectivity index (χ0v) is 24.6. The monoisotopic (exact) mass is 541 g/mol. The van der Waals surface area contributed by atoms with Gasteiger partial charge in [0.05, 0.1) is 6.42 Å². The van der Waals surface area contributed by atoms with Crippen molar-refractivity contribution in [3.8, 4) is 0 Å². The predicted molar refractivity (Wildman–Crippen MR) is 174 cm³/mol. The number of carbonyl (C=O) groups is 1. The molecule has 41 heavy (non-hydrogen) atoms. The molecule has 0 fully saturated rings. The lowest BCUT2D eigenvalue weighted by atomic mass is 9.70. The smallest absolute Gasteiger partial charge is 0.305 e. The fourth-order valence-corrected chi connectivity index (χ4v) is 6.72. The highest BCUT2D eigenvalue weighted by atomic mass is 16.4. The van der Waals surface area contributed by atoms with Crippen LogP contribution < -0.4 is 4.90 Å². The van der Waals surface area contributed by atoms with Gasteiger partial charge in [-0.25, -0.2) is 0 Å². The van der Waals surface area contributed by atoms with E-state index in [4.69, 9.17) is 0 Å². The highest BCUT2D eigenvalue weighted by Gasteiger charge is 2.41. The van der Waals surface area contributed by atoms with Crippen molar-refractivity contribution in [2.24, 2.45) is 0 Å². The second-order valence-electron chi connectivity index (χ2n) is 11.8. The van der Waals surface area contributed by atoms with Crippen LogP contribution >= 0.6 is 0 Å². The number of hydrogen-bond donors (Lipinski definition) is 1. The Morgan fingerprint density at radius 2 is 1.61 bits per heavy atom. The summed E-state index contributed by atoms with van der Waals surface area (Å²) in [5.74, 6) is -0.800. The summed E-state index contributed by atoms with van der Waals surface area (Å²) in [6.07, 6.45) is 9.15. The van der Waals surface area contributed by atoms with Gasteiger partial charge in [0.15, 0.2) is 0 Å². The van der Waals surface area contributed by atoms with Crippen molar-refractivity contribution in [3.63, 3.8) is 0 Å². The molecule has 0 aliphatic carbocycles. The number of aryl methyl sites for hydroxylation is 1. The summed E-state index contributed by atoms with van der Waals surface area (Å²) in [7, 11) is 0. The number of allylic oxidation sites excluding steroid dienone is 6. The molecular weight excluding hydrogens is 502 g/mol. The number of anilines is 1. The first-order chi connectivity index (χ1) is 19.6. The molecule has 1 aliphatic heterocycles. The third kappa shape index (κ3) is 4.91. The van der Waals surface area contributed by atoms with Crippen molar-refractivity contribution in [3.05, 3.63) is 138 Å². The van der Waals surface area contributed by atoms with Crippen molar-refractivity contribution in [2.45, 2.75) is 51.4 Å². The van der Waals surface area contributed by atoms with Crippen LogP contribution in [0.25, 0.3) is 21.5 Å². The molecule has 0 spiro atoms. The lowest BCUT2D eigenvalue weighted by Crippen LogP contribution is -2.28. The highest BCUT2D eigenvalue weighted by Crippen LogP contribution is 2.51. The number of benzene rings is 4. The molecule has 208 valence electrons. The fourth-order valence-electron chi connectivity index (χ4n) is 6.72. The van der Waals surface area contributed by atoms with Crippen molar-refractivity contribution in [1.29, 1.82) is 0 Å². The molecule has 5 rings (SSSR count). The van der Waals surface area contributed by atoms with Gasteiger partial charge in [-0.1, -0.05) is 112 Å². The first-order valence-electron chi connectivity index (χ1n) is 14.3. The van der Waals surface area contributed by atoms with Crippen LogP contribution in [0, 0.1) is 6.92 Å². The minimum atomic E-state index is -0.800. The van der Waals surface area contributed by atoms with Crippen molar-refractivity contribution < 1.29 is 9.90 Å². The summed E-state index contributed by atoms with van der Waals surface area (Å²) in [5.41, 5.74) is 6.27. The van der Waals surface area contributed by atoms with E-state index in [9.17, 15) is 9.90 Å². The molecule has 4 aromatic carbocycles. The first-order valence-corrected chi connectivity index (χ1v) is 14.3. The van der Waals surface area contributed by atoms with Gasteiger partial charge in [0.25, 0.3) is 0 Å². The zero-order valence-electron chi connectivity index (χ0n) is 24.6. The third-order valence-corrected chi connectivity index (χ3v) is 8.81. The molecule has 0 bridgehead atoms. The van der Waals surface area contributed by atoms with E-state index in [1.54, 1.807) is 0 Å². The van der Waals surface area contributed by atoms with Crippen LogP contribution in [0.5, 0.6) is 0 Å². The fraction of sp³-hybridized carbons (Fsp3) is 0.237. The quantitative estimate of drug-likeness (QED) is 0.169. The maximum atomic E-state index is 11.6. The Morgan fingerprint density at radius 3 is 2.29 bits per heavy atom. The average Bonchev–Trinajstić information content (AvgIpc) is 3.17. The van der Waals surface area contributed by atoms with E-state index in [1.165, 1.54) is 38.2 Å². The summed E-state index contributed by atoms with van der Waals surface area (Å²) in [6, 6.07) is 25.6. The average molecular weight is 542 g/mol. The Kier molecular flexibility index (Phi) is 7.48. The molecule has 0 amide bonds. The number of fused-ring (bicyclic) bond motifs is 4. The van der Waals surface area contributed by atoms with E-state index in [2.05, 4.69) is 137 Å². The van der Waals surface area contributed by atoms with Gasteiger partial charge in [-0.15, -0.1) is 6.58 Å². The highest BCUT2D eigenvalue weighted by molar-refractivity contribution is 5.95. The summed E-state index contributed by atoms with van der Waals surface area (Å²) < 4.78 is 0. The van der Waals surface area contributed by atoms with Gasteiger partial charge < -0.3 is 10.0 Å². The third-order valence-electron chi connectivity index (χ3n) is 8.81. The van der Waals surface area contributed by atoms with Gasteiger partial charge in [0, 0.05) is 28.8 Å². The van der Waals surface area contributed by atoms with Gasteiger partial charge in [0.2, 0.25) is 0 Å². The molecular formula is C38H39NO2. The van der Waals surface area contributed by atoms with Crippen LogP contribution in [0.15, 0.2) is 122 Å². The Bertz CT molecular complexity index is 1740. The van der Waals surface area contributed by atoms with Crippen molar-refractivity contribution in [2.75, 3.05) is 11.4 Å². The number of nitrogens with zero attached hydrogens (tertiary/aromatic N) is 1. The van der Waals surface area contributed by atoms with E-state index in [0.29, 0.717) is 6.54 Å². The first kappa shape index (κ1) is 28.2. The number of aliphatic carboxylic acids is 1. The second-order valence-corrected chi connectivity index (χ2v) is 11.8. The molecule has 1 aliphatic rings. The Balaban J connectivity index is 1.58. The Morgan fingerprint density at radius 1 is 0.976 bits per heavy atom. The van der Waals surface area contributed by atoms with Gasteiger partial charge in [-0.3, -0.25) is 4.79 Å². The minimum absolute atomic E-state index is 0.0634. The maximum absolute atomic E-state index is 11.6. The zero-order chi connectivity index (χ0) is 29.4. The summed E-state index contributed by atoms with van der Waals surface area (Å²) in [6.45, 7) is 18.0. The molecule has 1 heterocycles. The van der Waals surface area contributed by atoms with Gasteiger partial charge in [0.1, 0.15) is 0 Å². The summed E-state index contributed by atoms with van der Waals surface area (Å²) in [5, 5.41) is 14.4. The molecule has 1 unspecified atom stereocenters. The normalized spacial score (nSPS) is 16.8. The topological polar surface area (TPSA) is 40.5 Å². The Labute approximate surface area is 243 Å². The van der Waals surface area contributed by atoms with Crippen LogP contribution in [-0.4, -0.2) is 17.6 Å². The molecule has 0 radical (unpaired) electrons. The molecule has 3 heteroatoms. The van der Waals surface area contributed by atoms with E-state index < -0.39 is 5.97 Å². The molecule has 0 aromatic heterocycles. The minimum Gasteiger partial charge on any atom is -0.481 e. The van der Waals surface area contributed by atoms with Crippen LogP contribution in [0.2, 0.25) is 0 Å². The van der Waals surface area contributed by atoms with E-state index in [1.807, 2.05) is 6.08 Å². The Hall–Kier alpha value is -4.37. The van der Waals surface area contributed by atoms with Crippen LogP contribution in [0.1, 0.15) is 50.3 Å². The van der Waals surface area contributed by atoms with Crippen LogP contribution in [-0.2, 0) is 15.6 Å².